The Morgan fingerprint density at radius 3 is 2.13 bits per heavy atom. The summed E-state index contributed by atoms with van der Waals surface area (Å²) in [7, 11) is 0. The molecule has 0 unspecified atom stereocenters. The summed E-state index contributed by atoms with van der Waals surface area (Å²) in [5, 5.41) is 16.0. The van der Waals surface area contributed by atoms with Crippen LogP contribution in [0.2, 0.25) is 0 Å². The third-order valence-electron chi connectivity index (χ3n) is 4.74. The molecule has 0 radical (unpaired) electrons. The second kappa shape index (κ2) is 8.62. The van der Waals surface area contributed by atoms with Crippen LogP contribution in [0.3, 0.4) is 0 Å². The van der Waals surface area contributed by atoms with Gasteiger partial charge in [-0.3, -0.25) is 10.8 Å². The zero-order valence-electron chi connectivity index (χ0n) is 16.7. The predicted octanol–water partition coefficient (Wildman–Crippen LogP) is 4.13. The Labute approximate surface area is 179 Å². The topological polar surface area (TPSA) is 131 Å². The fourth-order valence-corrected chi connectivity index (χ4v) is 3.13. The van der Waals surface area contributed by atoms with E-state index in [4.69, 9.17) is 36.2 Å². The first-order valence-corrected chi connectivity index (χ1v) is 9.68. The number of hydrogen-bond donors (Lipinski definition) is 4. The number of nitrogen functional groups attached to an aromatic ring is 2. The van der Waals surface area contributed by atoms with Crippen molar-refractivity contribution in [1.29, 1.82) is 10.8 Å². The number of nitrogens with one attached hydrogen (secondary N) is 2. The van der Waals surface area contributed by atoms with E-state index in [0.717, 1.165) is 22.5 Å². The van der Waals surface area contributed by atoms with Gasteiger partial charge in [-0.05, 0) is 48.5 Å². The first-order valence-electron chi connectivity index (χ1n) is 9.68. The second-order valence-electron chi connectivity index (χ2n) is 6.94. The maximum atomic E-state index is 7.55. The Bertz CT molecular complexity index is 1250. The van der Waals surface area contributed by atoms with Crippen molar-refractivity contribution >= 4 is 22.6 Å². The van der Waals surface area contributed by atoms with Gasteiger partial charge in [0.25, 0.3) is 0 Å². The standard InChI is InChI=1S/C24H22N4O3/c25-23(26)17-2-1-3-20(12-17)30-11-10-29-19-8-6-15(7-9-19)21-13-16-4-5-18(24(27)28)14-22(16)31-21/h1-9,12-14H,10-11H2,(H3,25,26)(H3,27,28). The minimum atomic E-state index is 0.00513. The number of fused-ring (bicyclic) bond motifs is 1. The van der Waals surface area contributed by atoms with Gasteiger partial charge < -0.3 is 25.4 Å². The van der Waals surface area contributed by atoms with E-state index in [0.29, 0.717) is 35.7 Å². The fraction of sp³-hybridized carbons (Fsp3) is 0.0833. The van der Waals surface area contributed by atoms with E-state index in [1.54, 1.807) is 30.3 Å². The predicted molar refractivity (Wildman–Crippen MR) is 121 cm³/mol. The highest BCUT2D eigenvalue weighted by Gasteiger charge is 2.08. The third kappa shape index (κ3) is 4.67. The van der Waals surface area contributed by atoms with Crippen LogP contribution in [-0.2, 0) is 0 Å². The molecule has 0 aliphatic rings. The van der Waals surface area contributed by atoms with Crippen LogP contribution < -0.4 is 20.9 Å². The number of furan rings is 1. The Morgan fingerprint density at radius 2 is 1.42 bits per heavy atom. The normalized spacial score (nSPS) is 10.7. The molecule has 156 valence electrons. The molecule has 0 aliphatic carbocycles. The molecule has 0 amide bonds. The number of amidine groups is 2. The Morgan fingerprint density at radius 1 is 0.742 bits per heavy atom. The number of nitrogens with two attached hydrogens (primary N) is 2. The smallest absolute Gasteiger partial charge is 0.135 e. The molecule has 0 saturated carbocycles. The summed E-state index contributed by atoms with van der Waals surface area (Å²) in [5.41, 5.74) is 13.9. The molecule has 1 aromatic heterocycles. The van der Waals surface area contributed by atoms with E-state index < -0.39 is 0 Å². The summed E-state index contributed by atoms with van der Waals surface area (Å²) >= 11 is 0. The van der Waals surface area contributed by atoms with Gasteiger partial charge in [-0.1, -0.05) is 24.3 Å². The molecule has 6 N–H and O–H groups in total. The van der Waals surface area contributed by atoms with Crippen molar-refractivity contribution in [3.63, 3.8) is 0 Å². The number of hydrogen-bond acceptors (Lipinski definition) is 5. The summed E-state index contributed by atoms with van der Waals surface area (Å²) in [4.78, 5) is 0. The summed E-state index contributed by atoms with van der Waals surface area (Å²) in [6.45, 7) is 0.743. The van der Waals surface area contributed by atoms with Gasteiger partial charge in [-0.25, -0.2) is 0 Å². The van der Waals surface area contributed by atoms with Crippen molar-refractivity contribution in [3.8, 4) is 22.8 Å². The van der Waals surface area contributed by atoms with E-state index in [9.17, 15) is 0 Å². The van der Waals surface area contributed by atoms with Crippen LogP contribution in [0.15, 0.2) is 77.2 Å². The van der Waals surface area contributed by atoms with Gasteiger partial charge in [0.15, 0.2) is 0 Å². The lowest BCUT2D eigenvalue weighted by molar-refractivity contribution is 0.217. The van der Waals surface area contributed by atoms with Crippen LogP contribution in [0.1, 0.15) is 11.1 Å². The summed E-state index contributed by atoms with van der Waals surface area (Å²) < 4.78 is 17.3. The maximum Gasteiger partial charge on any atom is 0.135 e. The molecule has 0 aliphatic heterocycles. The fourth-order valence-electron chi connectivity index (χ4n) is 3.13. The lowest BCUT2D eigenvalue weighted by Crippen LogP contribution is -2.12. The average molecular weight is 414 g/mol. The monoisotopic (exact) mass is 414 g/mol. The van der Waals surface area contributed by atoms with Crippen molar-refractivity contribution < 1.29 is 13.9 Å². The first kappa shape index (κ1) is 20.0. The van der Waals surface area contributed by atoms with E-state index >= 15 is 0 Å². The van der Waals surface area contributed by atoms with Crippen LogP contribution in [0.4, 0.5) is 0 Å². The minimum Gasteiger partial charge on any atom is -0.490 e. The first-order chi connectivity index (χ1) is 15.0. The molecule has 1 heterocycles. The molecule has 0 spiro atoms. The molecule has 7 nitrogen and oxygen atoms in total. The van der Waals surface area contributed by atoms with Gasteiger partial charge in [-0.15, -0.1) is 0 Å². The largest absolute Gasteiger partial charge is 0.490 e. The van der Waals surface area contributed by atoms with E-state index in [2.05, 4.69) is 0 Å². The van der Waals surface area contributed by atoms with Crippen molar-refractivity contribution in [3.05, 3.63) is 83.9 Å². The van der Waals surface area contributed by atoms with Crippen molar-refractivity contribution in [2.24, 2.45) is 11.5 Å². The number of ether oxygens (including phenoxy) is 2. The SMILES string of the molecule is N=C(N)c1cccc(OCCOc2ccc(-c3cc4ccc(C(=N)N)cc4o3)cc2)c1. The molecule has 3 aromatic carbocycles. The quantitative estimate of drug-likeness (QED) is 0.196. The van der Waals surface area contributed by atoms with Crippen LogP contribution in [0.5, 0.6) is 11.5 Å². The van der Waals surface area contributed by atoms with Crippen LogP contribution in [0.25, 0.3) is 22.3 Å². The van der Waals surface area contributed by atoms with Gasteiger partial charge in [-0.2, -0.15) is 0 Å². The lowest BCUT2D eigenvalue weighted by Gasteiger charge is -2.09. The molecule has 0 bridgehead atoms. The van der Waals surface area contributed by atoms with E-state index in [-0.39, 0.29) is 11.7 Å². The molecule has 31 heavy (non-hydrogen) atoms. The molecule has 4 aromatic rings. The number of benzene rings is 3. The van der Waals surface area contributed by atoms with Gasteiger partial charge in [0, 0.05) is 22.1 Å². The third-order valence-corrected chi connectivity index (χ3v) is 4.74. The Hall–Kier alpha value is -4.26. The highest BCUT2D eigenvalue weighted by Crippen LogP contribution is 2.29. The highest BCUT2D eigenvalue weighted by atomic mass is 16.5. The molecule has 7 heteroatoms. The molecule has 4 rings (SSSR count). The maximum absolute atomic E-state index is 7.55. The second-order valence-corrected chi connectivity index (χ2v) is 6.94. The van der Waals surface area contributed by atoms with E-state index in [1.807, 2.05) is 42.5 Å². The zero-order chi connectivity index (χ0) is 21.8. The lowest BCUT2D eigenvalue weighted by atomic mass is 10.1. The van der Waals surface area contributed by atoms with Gasteiger partial charge >= 0.3 is 0 Å². The average Bonchev–Trinajstić information content (AvgIpc) is 3.20. The molecule has 0 fully saturated rings. The van der Waals surface area contributed by atoms with Crippen LogP contribution in [-0.4, -0.2) is 24.9 Å². The van der Waals surface area contributed by atoms with Crippen molar-refractivity contribution in [2.75, 3.05) is 13.2 Å². The van der Waals surface area contributed by atoms with E-state index in [1.165, 1.54) is 0 Å². The minimum absolute atomic E-state index is 0.00513. The summed E-state index contributed by atoms with van der Waals surface area (Å²) in [6, 6.07) is 22.1. The number of rotatable bonds is 8. The highest BCUT2D eigenvalue weighted by molar-refractivity contribution is 5.98. The summed E-state index contributed by atoms with van der Waals surface area (Å²) in [5.74, 6) is 2.11. The summed E-state index contributed by atoms with van der Waals surface area (Å²) in [6.07, 6.45) is 0. The van der Waals surface area contributed by atoms with Crippen LogP contribution in [0, 0.1) is 10.8 Å². The zero-order valence-corrected chi connectivity index (χ0v) is 16.7. The van der Waals surface area contributed by atoms with Crippen molar-refractivity contribution in [1.82, 2.24) is 0 Å². The molecule has 0 saturated heterocycles. The van der Waals surface area contributed by atoms with Gasteiger partial charge in [0.2, 0.25) is 0 Å². The molecule has 0 atom stereocenters. The Balaban J connectivity index is 1.35. The Kier molecular flexibility index (Phi) is 5.57. The van der Waals surface area contributed by atoms with Crippen molar-refractivity contribution in [2.45, 2.75) is 0 Å². The van der Waals surface area contributed by atoms with Gasteiger partial charge in [0.1, 0.15) is 47.7 Å². The van der Waals surface area contributed by atoms with Crippen LogP contribution >= 0.6 is 0 Å². The van der Waals surface area contributed by atoms with Gasteiger partial charge in [0.05, 0.1) is 0 Å². The molecular weight excluding hydrogens is 392 g/mol. The molecular formula is C24H22N4O3.